The molecule has 30 heavy (non-hydrogen) atoms. The van der Waals surface area contributed by atoms with E-state index in [0.29, 0.717) is 23.4 Å². The zero-order valence-corrected chi connectivity index (χ0v) is 17.5. The average Bonchev–Trinajstić information content (AvgIpc) is 2.93. The van der Waals surface area contributed by atoms with E-state index >= 15 is 0 Å². The molecule has 0 radical (unpaired) electrons. The number of nitrogens with zero attached hydrogens (tertiary/aromatic N) is 1. The topological polar surface area (TPSA) is 57.6 Å². The number of amides is 1. The first kappa shape index (κ1) is 20.0. The van der Waals surface area contributed by atoms with Crippen molar-refractivity contribution in [2.24, 2.45) is 0 Å². The van der Waals surface area contributed by atoms with E-state index in [-0.39, 0.29) is 12.2 Å². The molecule has 1 N–H and O–H groups in total. The van der Waals surface area contributed by atoms with Crippen molar-refractivity contribution in [2.75, 3.05) is 4.90 Å². The molecule has 1 atom stereocenters. The highest BCUT2D eigenvalue weighted by atomic mass is 16.3. The minimum atomic E-state index is -1.87. The molecule has 0 saturated carbocycles. The molecule has 0 bridgehead atoms. The molecule has 0 aromatic heterocycles. The third-order valence-corrected chi connectivity index (χ3v) is 5.81. The van der Waals surface area contributed by atoms with Gasteiger partial charge in [0.25, 0.3) is 5.91 Å². The van der Waals surface area contributed by atoms with Gasteiger partial charge in [0.15, 0.2) is 11.4 Å². The fourth-order valence-corrected chi connectivity index (χ4v) is 4.07. The summed E-state index contributed by atoms with van der Waals surface area (Å²) in [6.07, 6.45) is -0.280. The molecule has 4 rings (SSSR count). The lowest BCUT2D eigenvalue weighted by Crippen LogP contribution is -2.41. The van der Waals surface area contributed by atoms with Gasteiger partial charge >= 0.3 is 0 Å². The fraction of sp³-hybridized carbons (Fsp3) is 0.231. The highest BCUT2D eigenvalue weighted by Gasteiger charge is 2.50. The van der Waals surface area contributed by atoms with E-state index in [2.05, 4.69) is 0 Å². The van der Waals surface area contributed by atoms with Crippen LogP contribution < -0.4 is 4.90 Å². The second kappa shape index (κ2) is 7.54. The summed E-state index contributed by atoms with van der Waals surface area (Å²) < 4.78 is 0. The molecule has 152 valence electrons. The summed E-state index contributed by atoms with van der Waals surface area (Å²) >= 11 is 0. The van der Waals surface area contributed by atoms with Crippen LogP contribution in [0.4, 0.5) is 5.69 Å². The number of rotatable bonds is 5. The van der Waals surface area contributed by atoms with Crippen LogP contribution in [0.3, 0.4) is 0 Å². The zero-order valence-electron chi connectivity index (χ0n) is 17.5. The number of hydrogen-bond acceptors (Lipinski definition) is 3. The van der Waals surface area contributed by atoms with Gasteiger partial charge in [0.2, 0.25) is 0 Å². The maximum absolute atomic E-state index is 13.4. The summed E-state index contributed by atoms with van der Waals surface area (Å²) in [6.45, 7) is 6.14. The Balaban J connectivity index is 1.69. The van der Waals surface area contributed by atoms with E-state index in [1.807, 2.05) is 75.4 Å². The van der Waals surface area contributed by atoms with Crippen LogP contribution in [0.5, 0.6) is 0 Å². The number of aliphatic hydroxyl groups is 1. The van der Waals surface area contributed by atoms with E-state index in [1.54, 1.807) is 17.0 Å². The molecule has 4 nitrogen and oxygen atoms in total. The normalized spacial score (nSPS) is 17.9. The molecule has 0 aliphatic carbocycles. The van der Waals surface area contributed by atoms with Crippen molar-refractivity contribution in [1.82, 2.24) is 0 Å². The van der Waals surface area contributed by atoms with Crippen molar-refractivity contribution in [3.63, 3.8) is 0 Å². The number of carbonyl (C=O) groups is 2. The standard InChI is InChI=1S/C26H25NO3/c1-17-9-12-20(13-10-17)16-27-23-7-5-4-6-22(23)26(30,25(27)29)15-24(28)21-14-18(2)8-11-19(21)3/h4-14,30H,15-16H2,1-3H3/t26-/m1/s1. The zero-order chi connectivity index (χ0) is 21.5. The number of aryl methyl sites for hydroxylation is 3. The molecule has 3 aromatic carbocycles. The fourth-order valence-electron chi connectivity index (χ4n) is 4.07. The van der Waals surface area contributed by atoms with E-state index in [1.165, 1.54) is 0 Å². The molecule has 1 amide bonds. The second-order valence-electron chi connectivity index (χ2n) is 8.17. The van der Waals surface area contributed by atoms with E-state index in [4.69, 9.17) is 0 Å². The second-order valence-corrected chi connectivity index (χ2v) is 8.17. The molecule has 4 heteroatoms. The number of ketones is 1. The molecular formula is C26H25NO3. The van der Waals surface area contributed by atoms with Crippen LogP contribution in [0, 0.1) is 20.8 Å². The van der Waals surface area contributed by atoms with Crippen molar-refractivity contribution >= 4 is 17.4 Å². The summed E-state index contributed by atoms with van der Waals surface area (Å²) in [5, 5.41) is 11.5. The molecule has 0 fully saturated rings. The molecule has 3 aromatic rings. The Morgan fingerprint density at radius 3 is 2.33 bits per heavy atom. The first-order valence-corrected chi connectivity index (χ1v) is 10.1. The first-order valence-electron chi connectivity index (χ1n) is 10.1. The highest BCUT2D eigenvalue weighted by molar-refractivity contribution is 6.11. The van der Waals surface area contributed by atoms with Crippen LogP contribution in [0.1, 0.15) is 44.6 Å². The molecule has 0 unspecified atom stereocenters. The SMILES string of the molecule is Cc1ccc(CN2C(=O)[C@@](O)(CC(=O)c3cc(C)ccc3C)c3ccccc32)cc1. The lowest BCUT2D eigenvalue weighted by atomic mass is 9.87. The van der Waals surface area contributed by atoms with Gasteiger partial charge in [-0.25, -0.2) is 0 Å². The van der Waals surface area contributed by atoms with E-state index in [9.17, 15) is 14.7 Å². The van der Waals surface area contributed by atoms with Crippen molar-refractivity contribution < 1.29 is 14.7 Å². The minimum absolute atomic E-state index is 0.237. The number of anilines is 1. The van der Waals surface area contributed by atoms with E-state index < -0.39 is 11.5 Å². The van der Waals surface area contributed by atoms with Crippen molar-refractivity contribution in [1.29, 1.82) is 0 Å². The Labute approximate surface area is 176 Å². The largest absolute Gasteiger partial charge is 0.375 e. The number of benzene rings is 3. The molecule has 1 heterocycles. The van der Waals surface area contributed by atoms with Gasteiger partial charge in [-0.15, -0.1) is 0 Å². The Kier molecular flexibility index (Phi) is 5.04. The Morgan fingerprint density at radius 1 is 0.933 bits per heavy atom. The summed E-state index contributed by atoms with van der Waals surface area (Å²) in [4.78, 5) is 28.1. The number of para-hydroxylation sites is 1. The number of Topliss-reactive ketones (excluding diaryl/α,β-unsaturated/α-hetero) is 1. The van der Waals surface area contributed by atoms with Gasteiger partial charge in [-0.1, -0.05) is 65.7 Å². The van der Waals surface area contributed by atoms with Crippen molar-refractivity contribution in [2.45, 2.75) is 39.3 Å². The van der Waals surface area contributed by atoms with Crippen LogP contribution in [-0.2, 0) is 16.9 Å². The van der Waals surface area contributed by atoms with E-state index in [0.717, 1.165) is 22.3 Å². The lowest BCUT2D eigenvalue weighted by molar-refractivity contribution is -0.136. The predicted molar refractivity (Wildman–Crippen MR) is 118 cm³/mol. The highest BCUT2D eigenvalue weighted by Crippen LogP contribution is 2.43. The van der Waals surface area contributed by atoms with Gasteiger partial charge in [-0.3, -0.25) is 9.59 Å². The van der Waals surface area contributed by atoms with Gasteiger partial charge in [-0.2, -0.15) is 0 Å². The van der Waals surface area contributed by atoms with Crippen LogP contribution in [-0.4, -0.2) is 16.8 Å². The van der Waals surface area contributed by atoms with Gasteiger partial charge in [0, 0.05) is 11.1 Å². The van der Waals surface area contributed by atoms with Gasteiger partial charge in [0.1, 0.15) is 0 Å². The van der Waals surface area contributed by atoms with Crippen LogP contribution in [0.25, 0.3) is 0 Å². The average molecular weight is 399 g/mol. The van der Waals surface area contributed by atoms with Crippen LogP contribution in [0.2, 0.25) is 0 Å². The third kappa shape index (κ3) is 3.44. The maximum Gasteiger partial charge on any atom is 0.264 e. The summed E-state index contributed by atoms with van der Waals surface area (Å²) in [7, 11) is 0. The lowest BCUT2D eigenvalue weighted by Gasteiger charge is -2.23. The Hall–Kier alpha value is -3.24. The Morgan fingerprint density at radius 2 is 1.60 bits per heavy atom. The van der Waals surface area contributed by atoms with Gasteiger partial charge in [0.05, 0.1) is 18.7 Å². The minimum Gasteiger partial charge on any atom is -0.375 e. The molecular weight excluding hydrogens is 374 g/mol. The van der Waals surface area contributed by atoms with Gasteiger partial charge < -0.3 is 10.0 Å². The first-order chi connectivity index (χ1) is 14.3. The maximum atomic E-state index is 13.4. The summed E-state index contributed by atoms with van der Waals surface area (Å²) in [5.41, 5.74) is 3.73. The third-order valence-electron chi connectivity index (χ3n) is 5.81. The van der Waals surface area contributed by atoms with Gasteiger partial charge in [-0.05, 0) is 44.0 Å². The monoisotopic (exact) mass is 399 g/mol. The Bertz CT molecular complexity index is 1130. The summed E-state index contributed by atoms with van der Waals surface area (Å²) in [5.74, 6) is -0.693. The molecule has 1 aliphatic rings. The van der Waals surface area contributed by atoms with Crippen LogP contribution in [0.15, 0.2) is 66.7 Å². The summed E-state index contributed by atoms with van der Waals surface area (Å²) in [6, 6.07) is 20.8. The molecule has 0 spiro atoms. The van der Waals surface area contributed by atoms with Crippen molar-refractivity contribution in [3.05, 3.63) is 100 Å². The number of carbonyl (C=O) groups excluding carboxylic acids is 2. The van der Waals surface area contributed by atoms with Crippen LogP contribution >= 0.6 is 0 Å². The predicted octanol–water partition coefficient (Wildman–Crippen LogP) is 4.62. The number of hydrogen-bond donors (Lipinski definition) is 1. The quantitative estimate of drug-likeness (QED) is 0.637. The smallest absolute Gasteiger partial charge is 0.264 e. The molecule has 1 aliphatic heterocycles. The number of fused-ring (bicyclic) bond motifs is 1. The van der Waals surface area contributed by atoms with Crippen molar-refractivity contribution in [3.8, 4) is 0 Å². The molecule has 0 saturated heterocycles.